The number of hydrogen-bond acceptors (Lipinski definition) is 2. The number of rotatable bonds is 7. The molecule has 64 heavy (non-hydrogen) atoms. The van der Waals surface area contributed by atoms with Crippen molar-refractivity contribution in [3.63, 3.8) is 0 Å². The van der Waals surface area contributed by atoms with Crippen LogP contribution in [-0.2, 0) is 0 Å². The zero-order chi connectivity index (χ0) is 43.0. The molecule has 2 nitrogen and oxygen atoms in total. The van der Waals surface area contributed by atoms with E-state index >= 15 is 0 Å². The predicted molar refractivity (Wildman–Crippen MR) is 278 cm³/mol. The normalized spacial score (nSPS) is 11.3. The van der Waals surface area contributed by atoms with Crippen LogP contribution in [0.15, 0.2) is 243 Å². The molecule has 0 spiro atoms. The summed E-state index contributed by atoms with van der Waals surface area (Å²) in [7, 11) is 0. The second-order valence-electron chi connectivity index (χ2n) is 16.1. The van der Waals surface area contributed by atoms with E-state index in [9.17, 15) is 0 Å². The topological polar surface area (TPSA) is 6.48 Å². The van der Waals surface area contributed by atoms with Crippen LogP contribution < -0.4 is 9.80 Å². The summed E-state index contributed by atoms with van der Waals surface area (Å²) >= 11 is 0. The molecule has 2 heteroatoms. The standard InChI is InChI=1S/C60H40N2.C2H6/c1-3-15-43(16-4-1)61(47-35-37-57-53-23-9-7-19-49(53)51-21-11-13-25-55(51)59(57)39-47)45-31-27-41(28-32-45)42-29-33-46(34-30-42)62(44-17-5-2-6-18-44)48-36-38-58-54-24-10-8-20-50(54)52-22-12-14-26-56(52)60(58)40-48;1-2/h1-40H;1-2H3. The smallest absolute Gasteiger partial charge is 0.0468 e. The zero-order valence-corrected chi connectivity index (χ0v) is 36.0. The molecule has 0 unspecified atom stereocenters. The predicted octanol–water partition coefficient (Wildman–Crippen LogP) is 18.2. The molecule has 0 fully saturated rings. The summed E-state index contributed by atoms with van der Waals surface area (Å²) in [6.45, 7) is 4.00. The fourth-order valence-electron chi connectivity index (χ4n) is 9.72. The Morgan fingerprint density at radius 3 is 0.703 bits per heavy atom. The Morgan fingerprint density at radius 2 is 0.406 bits per heavy atom. The minimum absolute atomic E-state index is 1.10. The molecule has 12 aromatic carbocycles. The molecular formula is C62H46N2. The van der Waals surface area contributed by atoms with E-state index in [0.717, 1.165) is 34.1 Å². The Kier molecular flexibility index (Phi) is 10.0. The molecule has 0 aliphatic heterocycles. The second kappa shape index (κ2) is 16.6. The van der Waals surface area contributed by atoms with Crippen molar-refractivity contribution < 1.29 is 0 Å². The van der Waals surface area contributed by atoms with Crippen molar-refractivity contribution in [3.8, 4) is 11.1 Å². The average Bonchev–Trinajstić information content (AvgIpc) is 3.38. The van der Waals surface area contributed by atoms with Crippen molar-refractivity contribution in [2.45, 2.75) is 13.8 Å². The molecule has 0 N–H and O–H groups in total. The summed E-state index contributed by atoms with van der Waals surface area (Å²) in [6, 6.07) is 88.3. The Hall–Kier alpha value is -8.20. The van der Waals surface area contributed by atoms with E-state index in [1.807, 2.05) is 13.8 Å². The van der Waals surface area contributed by atoms with Gasteiger partial charge in [0.1, 0.15) is 0 Å². The minimum atomic E-state index is 1.10. The van der Waals surface area contributed by atoms with Crippen LogP contribution in [0.2, 0.25) is 0 Å². The van der Waals surface area contributed by atoms with E-state index in [0.29, 0.717) is 0 Å². The van der Waals surface area contributed by atoms with Gasteiger partial charge in [-0.1, -0.05) is 184 Å². The van der Waals surface area contributed by atoms with Crippen LogP contribution in [0.4, 0.5) is 34.1 Å². The van der Waals surface area contributed by atoms with Crippen LogP contribution in [0.5, 0.6) is 0 Å². The molecule has 0 saturated carbocycles. The van der Waals surface area contributed by atoms with E-state index < -0.39 is 0 Å². The lowest BCUT2D eigenvalue weighted by atomic mass is 9.94. The van der Waals surface area contributed by atoms with Crippen molar-refractivity contribution in [3.05, 3.63) is 243 Å². The molecule has 0 saturated heterocycles. The third-order valence-electron chi connectivity index (χ3n) is 12.6. The first-order valence-corrected chi connectivity index (χ1v) is 22.3. The van der Waals surface area contributed by atoms with Crippen molar-refractivity contribution in [1.29, 1.82) is 0 Å². The summed E-state index contributed by atoms with van der Waals surface area (Å²) in [5.74, 6) is 0. The van der Waals surface area contributed by atoms with Crippen LogP contribution >= 0.6 is 0 Å². The molecular weight excluding hydrogens is 773 g/mol. The molecule has 0 amide bonds. The molecule has 0 aliphatic rings. The van der Waals surface area contributed by atoms with Crippen molar-refractivity contribution in [2.24, 2.45) is 0 Å². The number of benzene rings is 12. The minimum Gasteiger partial charge on any atom is -0.310 e. The van der Waals surface area contributed by atoms with E-state index in [4.69, 9.17) is 0 Å². The van der Waals surface area contributed by atoms with Crippen LogP contribution in [0.3, 0.4) is 0 Å². The van der Waals surface area contributed by atoms with Crippen molar-refractivity contribution >= 4 is 98.8 Å². The summed E-state index contributed by atoms with van der Waals surface area (Å²) in [4.78, 5) is 4.73. The Balaban J connectivity index is 0.00000225. The van der Waals surface area contributed by atoms with Gasteiger partial charge in [0, 0.05) is 34.1 Å². The first kappa shape index (κ1) is 38.7. The summed E-state index contributed by atoms with van der Waals surface area (Å²) in [5, 5.41) is 15.3. The zero-order valence-electron chi connectivity index (χ0n) is 36.0. The Labute approximate surface area is 374 Å². The van der Waals surface area contributed by atoms with E-state index in [1.54, 1.807) is 0 Å². The maximum absolute atomic E-state index is 2.36. The summed E-state index contributed by atoms with van der Waals surface area (Å²) in [6.07, 6.45) is 0. The highest BCUT2D eigenvalue weighted by Gasteiger charge is 2.18. The quantitative estimate of drug-likeness (QED) is 0.148. The van der Waals surface area contributed by atoms with Gasteiger partial charge in [0.15, 0.2) is 0 Å². The fraction of sp³-hybridized carbons (Fsp3) is 0.0323. The van der Waals surface area contributed by atoms with Gasteiger partial charge in [-0.15, -0.1) is 0 Å². The van der Waals surface area contributed by atoms with E-state index in [1.165, 1.54) is 75.8 Å². The largest absolute Gasteiger partial charge is 0.310 e. The highest BCUT2D eigenvalue weighted by molar-refractivity contribution is 6.27. The highest BCUT2D eigenvalue weighted by atomic mass is 15.1. The van der Waals surface area contributed by atoms with Crippen LogP contribution in [-0.4, -0.2) is 0 Å². The number of anilines is 6. The summed E-state index contributed by atoms with van der Waals surface area (Å²) < 4.78 is 0. The van der Waals surface area contributed by atoms with Gasteiger partial charge in [-0.05, 0) is 149 Å². The molecule has 0 atom stereocenters. The van der Waals surface area contributed by atoms with Crippen LogP contribution in [0, 0.1) is 0 Å². The molecule has 12 aromatic rings. The third-order valence-corrected chi connectivity index (χ3v) is 12.6. The van der Waals surface area contributed by atoms with Gasteiger partial charge in [-0.2, -0.15) is 0 Å². The molecule has 304 valence electrons. The lowest BCUT2D eigenvalue weighted by Crippen LogP contribution is -2.10. The maximum Gasteiger partial charge on any atom is 0.0468 e. The van der Waals surface area contributed by atoms with Gasteiger partial charge < -0.3 is 9.80 Å². The number of para-hydroxylation sites is 2. The van der Waals surface area contributed by atoms with E-state index in [2.05, 4.69) is 252 Å². The number of hydrogen-bond donors (Lipinski definition) is 0. The van der Waals surface area contributed by atoms with Crippen molar-refractivity contribution in [1.82, 2.24) is 0 Å². The molecule has 0 aliphatic carbocycles. The first-order chi connectivity index (χ1) is 31.8. The van der Waals surface area contributed by atoms with Crippen LogP contribution in [0.25, 0.3) is 75.8 Å². The highest BCUT2D eigenvalue weighted by Crippen LogP contribution is 2.43. The molecule has 0 radical (unpaired) electrons. The van der Waals surface area contributed by atoms with Gasteiger partial charge in [-0.3, -0.25) is 0 Å². The van der Waals surface area contributed by atoms with E-state index in [-0.39, 0.29) is 0 Å². The first-order valence-electron chi connectivity index (χ1n) is 22.3. The average molecular weight is 819 g/mol. The third kappa shape index (κ3) is 6.68. The molecule has 12 rings (SSSR count). The molecule has 0 aromatic heterocycles. The van der Waals surface area contributed by atoms with Crippen LogP contribution in [0.1, 0.15) is 13.8 Å². The number of nitrogens with zero attached hydrogens (tertiary/aromatic N) is 2. The molecule has 0 bridgehead atoms. The van der Waals surface area contributed by atoms with Gasteiger partial charge in [0.25, 0.3) is 0 Å². The van der Waals surface area contributed by atoms with Gasteiger partial charge in [-0.25, -0.2) is 0 Å². The monoisotopic (exact) mass is 818 g/mol. The summed E-state index contributed by atoms with van der Waals surface area (Å²) in [5.41, 5.74) is 9.02. The lowest BCUT2D eigenvalue weighted by molar-refractivity contribution is 1.29. The Bertz CT molecular complexity index is 3300. The Morgan fingerprint density at radius 1 is 0.188 bits per heavy atom. The van der Waals surface area contributed by atoms with Crippen molar-refractivity contribution in [2.75, 3.05) is 9.80 Å². The SMILES string of the molecule is CC.c1ccc(N(c2ccc(-c3ccc(N(c4ccccc4)c4ccc5c6ccccc6c6ccccc6c5c4)cc3)cc2)c2ccc3c4ccccc4c4ccccc4c3c2)cc1. The van der Waals surface area contributed by atoms with Gasteiger partial charge in [0.2, 0.25) is 0 Å². The second-order valence-corrected chi connectivity index (χ2v) is 16.1. The lowest BCUT2D eigenvalue weighted by Gasteiger charge is -2.27. The molecule has 0 heterocycles. The fourth-order valence-corrected chi connectivity index (χ4v) is 9.72. The van der Waals surface area contributed by atoms with Gasteiger partial charge in [0.05, 0.1) is 0 Å². The van der Waals surface area contributed by atoms with Gasteiger partial charge >= 0.3 is 0 Å². The maximum atomic E-state index is 2.36. The number of fused-ring (bicyclic) bond motifs is 12.